The van der Waals surface area contributed by atoms with E-state index >= 15 is 0 Å². The molecule has 0 aliphatic heterocycles. The highest BCUT2D eigenvalue weighted by Gasteiger charge is 2.15. The lowest BCUT2D eigenvalue weighted by Crippen LogP contribution is -2.28. The first kappa shape index (κ1) is 21.0. The van der Waals surface area contributed by atoms with Crippen LogP contribution in [-0.4, -0.2) is 13.0 Å². The Hall–Kier alpha value is -2.04. The third-order valence-electron chi connectivity index (χ3n) is 4.12. The van der Waals surface area contributed by atoms with Gasteiger partial charge >= 0.3 is 0 Å². The van der Waals surface area contributed by atoms with Crippen LogP contribution in [0.3, 0.4) is 0 Å². The Bertz CT molecular complexity index is 642. The summed E-state index contributed by atoms with van der Waals surface area (Å²) in [5, 5.41) is 3.15. The van der Waals surface area contributed by atoms with Crippen LogP contribution in [0.4, 0.5) is 0 Å². The molecule has 2 aromatic rings. The van der Waals surface area contributed by atoms with Crippen molar-refractivity contribution >= 4 is 18.3 Å². The topological polar surface area (TPSA) is 64.4 Å². The molecular weight excluding hydrogens is 336 g/mol. The fourth-order valence-corrected chi connectivity index (χ4v) is 2.60. The second kappa shape index (κ2) is 10.7. The number of rotatable bonds is 8. The van der Waals surface area contributed by atoms with Gasteiger partial charge in [-0.1, -0.05) is 44.0 Å². The number of methoxy groups -OCH3 is 1. The fourth-order valence-electron chi connectivity index (χ4n) is 2.60. The van der Waals surface area contributed by atoms with Gasteiger partial charge in [0.25, 0.3) is 5.91 Å². The third-order valence-corrected chi connectivity index (χ3v) is 4.12. The van der Waals surface area contributed by atoms with E-state index in [1.54, 1.807) is 7.11 Å². The highest BCUT2D eigenvalue weighted by Crippen LogP contribution is 2.22. The SMILES string of the molecule is CCCCC(NC(=O)c1ccc(CN)cc1)c1ccc(OC)cc1.Cl. The first-order valence-electron chi connectivity index (χ1n) is 8.41. The van der Waals surface area contributed by atoms with E-state index in [0.29, 0.717) is 12.1 Å². The molecule has 0 saturated carbocycles. The average molecular weight is 363 g/mol. The predicted molar refractivity (Wildman–Crippen MR) is 104 cm³/mol. The largest absolute Gasteiger partial charge is 0.497 e. The molecule has 0 bridgehead atoms. The number of amides is 1. The second-order valence-electron chi connectivity index (χ2n) is 5.84. The Labute approximate surface area is 156 Å². The number of carbonyl (C=O) groups excluding carboxylic acids is 1. The zero-order chi connectivity index (χ0) is 17.4. The van der Waals surface area contributed by atoms with Crippen molar-refractivity contribution in [3.8, 4) is 5.75 Å². The molecule has 0 aliphatic rings. The number of carbonyl (C=O) groups is 1. The molecule has 0 saturated heterocycles. The van der Waals surface area contributed by atoms with Crippen LogP contribution in [0.1, 0.15) is 53.7 Å². The van der Waals surface area contributed by atoms with Crippen molar-refractivity contribution in [3.05, 3.63) is 65.2 Å². The molecule has 0 aromatic heterocycles. The molecule has 2 rings (SSSR count). The summed E-state index contributed by atoms with van der Waals surface area (Å²) in [6.07, 6.45) is 3.06. The fraction of sp³-hybridized carbons (Fsp3) is 0.350. The Morgan fingerprint density at radius 2 is 1.76 bits per heavy atom. The summed E-state index contributed by atoms with van der Waals surface area (Å²) in [6, 6.07) is 15.3. The number of halogens is 1. The number of unbranched alkanes of at least 4 members (excludes halogenated alkanes) is 1. The minimum absolute atomic E-state index is 0. The molecule has 0 heterocycles. The average Bonchev–Trinajstić information content (AvgIpc) is 2.65. The Morgan fingerprint density at radius 3 is 2.28 bits per heavy atom. The molecule has 1 atom stereocenters. The molecule has 2 aromatic carbocycles. The van der Waals surface area contributed by atoms with Crippen LogP contribution < -0.4 is 15.8 Å². The van der Waals surface area contributed by atoms with Gasteiger partial charge in [-0.05, 0) is 41.8 Å². The molecule has 0 aliphatic carbocycles. The highest BCUT2D eigenvalue weighted by atomic mass is 35.5. The normalized spacial score (nSPS) is 11.3. The first-order valence-corrected chi connectivity index (χ1v) is 8.41. The standard InChI is InChI=1S/C20H26N2O2.ClH/c1-3-4-5-19(16-10-12-18(24-2)13-11-16)22-20(23)17-8-6-15(14-21)7-9-17;/h6-13,19H,3-5,14,21H2,1-2H3,(H,22,23);1H. The lowest BCUT2D eigenvalue weighted by Gasteiger charge is -2.19. The van der Waals surface area contributed by atoms with Crippen LogP contribution in [0.5, 0.6) is 5.75 Å². The van der Waals surface area contributed by atoms with Crippen molar-refractivity contribution < 1.29 is 9.53 Å². The van der Waals surface area contributed by atoms with Gasteiger partial charge in [-0.2, -0.15) is 0 Å². The summed E-state index contributed by atoms with van der Waals surface area (Å²) in [7, 11) is 1.65. The van der Waals surface area contributed by atoms with Crippen LogP contribution in [-0.2, 0) is 6.54 Å². The smallest absolute Gasteiger partial charge is 0.251 e. The van der Waals surface area contributed by atoms with Crippen molar-refractivity contribution in [1.29, 1.82) is 0 Å². The summed E-state index contributed by atoms with van der Waals surface area (Å²) in [5.74, 6) is 0.757. The summed E-state index contributed by atoms with van der Waals surface area (Å²) in [5.41, 5.74) is 8.37. The van der Waals surface area contributed by atoms with Gasteiger partial charge in [-0.25, -0.2) is 0 Å². The molecule has 5 heteroatoms. The van der Waals surface area contributed by atoms with Gasteiger partial charge in [0.1, 0.15) is 5.75 Å². The van der Waals surface area contributed by atoms with Crippen LogP contribution in [0.2, 0.25) is 0 Å². The van der Waals surface area contributed by atoms with Gasteiger partial charge < -0.3 is 15.8 Å². The van der Waals surface area contributed by atoms with Gasteiger partial charge in [-0.15, -0.1) is 12.4 Å². The Kier molecular flexibility index (Phi) is 9.03. The molecule has 1 unspecified atom stereocenters. The maximum Gasteiger partial charge on any atom is 0.251 e. The van der Waals surface area contributed by atoms with Crippen molar-refractivity contribution in [2.75, 3.05) is 7.11 Å². The monoisotopic (exact) mass is 362 g/mol. The van der Waals surface area contributed by atoms with Gasteiger partial charge in [-0.3, -0.25) is 4.79 Å². The highest BCUT2D eigenvalue weighted by molar-refractivity contribution is 5.94. The van der Waals surface area contributed by atoms with Gasteiger partial charge in [0.05, 0.1) is 13.2 Å². The van der Waals surface area contributed by atoms with E-state index in [1.165, 1.54) is 0 Å². The van der Waals surface area contributed by atoms with E-state index in [0.717, 1.165) is 36.1 Å². The number of ether oxygens (including phenoxy) is 1. The summed E-state index contributed by atoms with van der Waals surface area (Å²) < 4.78 is 5.20. The molecule has 136 valence electrons. The number of nitrogens with two attached hydrogens (primary N) is 1. The summed E-state index contributed by atoms with van der Waals surface area (Å²) in [4.78, 5) is 12.5. The van der Waals surface area contributed by atoms with Crippen molar-refractivity contribution in [2.24, 2.45) is 5.73 Å². The summed E-state index contributed by atoms with van der Waals surface area (Å²) >= 11 is 0. The predicted octanol–water partition coefficient (Wildman–Crippen LogP) is 4.24. The molecule has 3 N–H and O–H groups in total. The van der Waals surface area contributed by atoms with Crippen LogP contribution >= 0.6 is 12.4 Å². The maximum absolute atomic E-state index is 12.5. The lowest BCUT2D eigenvalue weighted by atomic mass is 10.00. The number of nitrogens with one attached hydrogen (secondary N) is 1. The quantitative estimate of drug-likeness (QED) is 0.738. The van der Waals surface area contributed by atoms with E-state index in [2.05, 4.69) is 12.2 Å². The van der Waals surface area contributed by atoms with Gasteiger partial charge in [0.15, 0.2) is 0 Å². The van der Waals surface area contributed by atoms with E-state index in [9.17, 15) is 4.79 Å². The van der Waals surface area contributed by atoms with E-state index in [4.69, 9.17) is 10.5 Å². The van der Waals surface area contributed by atoms with E-state index < -0.39 is 0 Å². The van der Waals surface area contributed by atoms with E-state index in [-0.39, 0.29) is 24.4 Å². The lowest BCUT2D eigenvalue weighted by molar-refractivity contribution is 0.0934. The molecule has 0 spiro atoms. The zero-order valence-corrected chi connectivity index (χ0v) is 15.6. The van der Waals surface area contributed by atoms with E-state index in [1.807, 2.05) is 48.5 Å². The van der Waals surface area contributed by atoms with Crippen molar-refractivity contribution in [3.63, 3.8) is 0 Å². The van der Waals surface area contributed by atoms with Gasteiger partial charge in [0.2, 0.25) is 0 Å². The number of benzene rings is 2. The molecule has 4 nitrogen and oxygen atoms in total. The third kappa shape index (κ3) is 6.07. The summed E-state index contributed by atoms with van der Waals surface area (Å²) in [6.45, 7) is 2.63. The van der Waals surface area contributed by atoms with Crippen molar-refractivity contribution in [1.82, 2.24) is 5.32 Å². The zero-order valence-electron chi connectivity index (χ0n) is 14.8. The van der Waals surface area contributed by atoms with Gasteiger partial charge in [0, 0.05) is 12.1 Å². The molecule has 0 fully saturated rings. The minimum atomic E-state index is -0.0597. The number of hydrogen-bond acceptors (Lipinski definition) is 3. The van der Waals surface area contributed by atoms with Crippen LogP contribution in [0, 0.1) is 0 Å². The Balaban J connectivity index is 0.00000312. The molecule has 25 heavy (non-hydrogen) atoms. The molecule has 1 amide bonds. The molecular formula is C20H27ClN2O2. The van der Waals surface area contributed by atoms with Crippen LogP contribution in [0.25, 0.3) is 0 Å². The number of hydrogen-bond donors (Lipinski definition) is 2. The first-order chi connectivity index (χ1) is 11.7. The molecule has 0 radical (unpaired) electrons. The Morgan fingerprint density at radius 1 is 1.12 bits per heavy atom. The van der Waals surface area contributed by atoms with Crippen LogP contribution in [0.15, 0.2) is 48.5 Å². The maximum atomic E-state index is 12.5. The minimum Gasteiger partial charge on any atom is -0.497 e. The van der Waals surface area contributed by atoms with Crippen molar-refractivity contribution in [2.45, 2.75) is 38.8 Å². The second-order valence-corrected chi connectivity index (χ2v) is 5.84.